The summed E-state index contributed by atoms with van der Waals surface area (Å²) in [5.74, 6) is -0.271. The van der Waals surface area contributed by atoms with E-state index in [1.54, 1.807) is 0 Å². The van der Waals surface area contributed by atoms with Gasteiger partial charge in [-0.25, -0.2) is 0 Å². The van der Waals surface area contributed by atoms with E-state index in [2.05, 4.69) is 5.32 Å². The highest BCUT2D eigenvalue weighted by atomic mass is 16.5. The number of carbonyl (C=O) groups excluding carboxylic acids is 1. The van der Waals surface area contributed by atoms with Gasteiger partial charge in [-0.3, -0.25) is 10.1 Å². The molecule has 2 N–H and O–H groups in total. The lowest BCUT2D eigenvalue weighted by Crippen LogP contribution is -2.52. The van der Waals surface area contributed by atoms with Crippen LogP contribution in [0.3, 0.4) is 0 Å². The van der Waals surface area contributed by atoms with Crippen molar-refractivity contribution in [2.24, 2.45) is 0 Å². The summed E-state index contributed by atoms with van der Waals surface area (Å²) < 4.78 is 4.75. The largest absolute Gasteiger partial charge is 0.468 e. The van der Waals surface area contributed by atoms with Gasteiger partial charge in [0.25, 0.3) is 0 Å². The van der Waals surface area contributed by atoms with E-state index < -0.39 is 11.6 Å². The minimum atomic E-state index is -0.681. The van der Waals surface area contributed by atoms with Crippen LogP contribution in [0.25, 0.3) is 0 Å². The van der Waals surface area contributed by atoms with Gasteiger partial charge in [-0.1, -0.05) is 20.3 Å². The minimum Gasteiger partial charge on any atom is -0.468 e. The lowest BCUT2D eigenvalue weighted by atomic mass is 9.96. The summed E-state index contributed by atoms with van der Waals surface area (Å²) in [6, 6.07) is 0. The molecular formula is C11H23NO3. The highest BCUT2D eigenvalue weighted by Gasteiger charge is 2.33. The first-order valence-electron chi connectivity index (χ1n) is 5.51. The monoisotopic (exact) mass is 217 g/mol. The van der Waals surface area contributed by atoms with Crippen LogP contribution >= 0.6 is 0 Å². The molecule has 0 saturated heterocycles. The molecular weight excluding hydrogens is 194 g/mol. The van der Waals surface area contributed by atoms with Crippen molar-refractivity contribution in [3.05, 3.63) is 0 Å². The predicted molar refractivity (Wildman–Crippen MR) is 59.6 cm³/mol. The van der Waals surface area contributed by atoms with Crippen molar-refractivity contribution in [1.29, 1.82) is 0 Å². The van der Waals surface area contributed by atoms with E-state index >= 15 is 0 Å². The summed E-state index contributed by atoms with van der Waals surface area (Å²) >= 11 is 0. The number of nitrogens with one attached hydrogen (secondary N) is 1. The zero-order valence-electron chi connectivity index (χ0n) is 10.2. The standard InChI is InChI=1S/C11H23NO3/c1-5-7-11(3,10(14)15-4)12-8-9(13)6-2/h9,12-13H,5-8H2,1-4H3. The molecule has 0 aromatic carbocycles. The number of rotatable bonds is 7. The van der Waals surface area contributed by atoms with Gasteiger partial charge in [0.05, 0.1) is 13.2 Å². The third kappa shape index (κ3) is 4.62. The van der Waals surface area contributed by atoms with Crippen molar-refractivity contribution in [3.63, 3.8) is 0 Å². The van der Waals surface area contributed by atoms with Gasteiger partial charge >= 0.3 is 5.97 Å². The molecule has 0 heterocycles. The fourth-order valence-corrected chi connectivity index (χ4v) is 1.48. The number of aliphatic hydroxyl groups is 1. The molecule has 4 heteroatoms. The quantitative estimate of drug-likeness (QED) is 0.626. The Morgan fingerprint density at radius 1 is 1.53 bits per heavy atom. The molecule has 0 saturated carbocycles. The van der Waals surface area contributed by atoms with Crippen LogP contribution in [-0.2, 0) is 9.53 Å². The third-order valence-corrected chi connectivity index (χ3v) is 2.59. The molecule has 0 aliphatic carbocycles. The van der Waals surface area contributed by atoms with E-state index in [1.807, 2.05) is 20.8 Å². The molecule has 4 nitrogen and oxygen atoms in total. The lowest BCUT2D eigenvalue weighted by molar-refractivity contribution is -0.148. The first-order valence-corrected chi connectivity index (χ1v) is 5.51. The van der Waals surface area contributed by atoms with Gasteiger partial charge in [0, 0.05) is 6.54 Å². The van der Waals surface area contributed by atoms with Gasteiger partial charge in [0.2, 0.25) is 0 Å². The number of hydrogen-bond donors (Lipinski definition) is 2. The summed E-state index contributed by atoms with van der Waals surface area (Å²) in [6.07, 6.45) is 1.86. The second kappa shape index (κ2) is 6.80. The van der Waals surface area contributed by atoms with Crippen molar-refractivity contribution >= 4 is 5.97 Å². The molecule has 2 unspecified atom stereocenters. The zero-order valence-corrected chi connectivity index (χ0v) is 10.2. The van der Waals surface area contributed by atoms with Crippen LogP contribution in [0, 0.1) is 0 Å². The number of methoxy groups -OCH3 is 1. The van der Waals surface area contributed by atoms with Crippen LogP contribution in [-0.4, -0.2) is 36.4 Å². The van der Waals surface area contributed by atoms with Crippen molar-refractivity contribution in [3.8, 4) is 0 Å². The van der Waals surface area contributed by atoms with E-state index in [0.717, 1.165) is 6.42 Å². The lowest BCUT2D eigenvalue weighted by Gasteiger charge is -2.28. The molecule has 0 aromatic rings. The molecule has 0 aromatic heterocycles. The molecule has 0 radical (unpaired) electrons. The number of esters is 1. The molecule has 0 spiro atoms. The van der Waals surface area contributed by atoms with Gasteiger partial charge in [0.1, 0.15) is 5.54 Å². The van der Waals surface area contributed by atoms with E-state index in [1.165, 1.54) is 7.11 Å². The van der Waals surface area contributed by atoms with Crippen molar-refractivity contribution < 1.29 is 14.6 Å². The molecule has 0 rings (SSSR count). The van der Waals surface area contributed by atoms with E-state index in [9.17, 15) is 9.90 Å². The first kappa shape index (κ1) is 14.4. The van der Waals surface area contributed by atoms with Crippen LogP contribution in [0.4, 0.5) is 0 Å². The fraction of sp³-hybridized carbons (Fsp3) is 0.909. The maximum absolute atomic E-state index is 11.6. The molecule has 0 bridgehead atoms. The van der Waals surface area contributed by atoms with Crippen LogP contribution < -0.4 is 5.32 Å². The second-order valence-corrected chi connectivity index (χ2v) is 4.02. The number of ether oxygens (including phenoxy) is 1. The average molecular weight is 217 g/mol. The Bertz CT molecular complexity index is 196. The Balaban J connectivity index is 4.31. The highest BCUT2D eigenvalue weighted by molar-refractivity contribution is 5.80. The first-order chi connectivity index (χ1) is 7.00. The van der Waals surface area contributed by atoms with Crippen molar-refractivity contribution in [2.45, 2.75) is 51.7 Å². The number of aliphatic hydroxyl groups excluding tert-OH is 1. The van der Waals surface area contributed by atoms with Gasteiger partial charge in [0.15, 0.2) is 0 Å². The van der Waals surface area contributed by atoms with Gasteiger partial charge in [-0.05, 0) is 19.8 Å². The van der Waals surface area contributed by atoms with Crippen LogP contribution in [0.5, 0.6) is 0 Å². The SMILES string of the molecule is CCCC(C)(NCC(O)CC)C(=O)OC. The van der Waals surface area contributed by atoms with Crippen LogP contribution in [0.2, 0.25) is 0 Å². The zero-order chi connectivity index (χ0) is 11.9. The Morgan fingerprint density at radius 2 is 2.13 bits per heavy atom. The topological polar surface area (TPSA) is 58.6 Å². The van der Waals surface area contributed by atoms with Gasteiger partial charge < -0.3 is 9.84 Å². The van der Waals surface area contributed by atoms with Crippen molar-refractivity contribution in [1.82, 2.24) is 5.32 Å². The van der Waals surface area contributed by atoms with Crippen molar-refractivity contribution in [2.75, 3.05) is 13.7 Å². The van der Waals surface area contributed by atoms with E-state index in [4.69, 9.17) is 4.74 Å². The molecule has 90 valence electrons. The second-order valence-electron chi connectivity index (χ2n) is 4.02. The summed E-state index contributed by atoms with van der Waals surface area (Å²) in [5.41, 5.74) is -0.681. The minimum absolute atomic E-state index is 0.271. The van der Waals surface area contributed by atoms with Crippen LogP contribution in [0.1, 0.15) is 40.0 Å². The van der Waals surface area contributed by atoms with E-state index in [0.29, 0.717) is 19.4 Å². The average Bonchev–Trinajstić information content (AvgIpc) is 2.25. The third-order valence-electron chi connectivity index (χ3n) is 2.59. The molecule has 0 aliphatic rings. The Labute approximate surface area is 92.0 Å². The van der Waals surface area contributed by atoms with E-state index in [-0.39, 0.29) is 5.97 Å². The van der Waals surface area contributed by atoms with Gasteiger partial charge in [-0.15, -0.1) is 0 Å². The fourth-order valence-electron chi connectivity index (χ4n) is 1.48. The Kier molecular flexibility index (Phi) is 6.52. The molecule has 0 fully saturated rings. The maximum Gasteiger partial charge on any atom is 0.325 e. The Morgan fingerprint density at radius 3 is 2.53 bits per heavy atom. The maximum atomic E-state index is 11.6. The summed E-state index contributed by atoms with van der Waals surface area (Å²) in [6.45, 7) is 6.15. The number of β-amino-alcohol motifs (C(OH)–C–C–N with tert-alkyl or cyclic N) is 1. The summed E-state index contributed by atoms with van der Waals surface area (Å²) in [4.78, 5) is 11.6. The Hall–Kier alpha value is -0.610. The molecule has 15 heavy (non-hydrogen) atoms. The number of hydrogen-bond acceptors (Lipinski definition) is 4. The summed E-state index contributed by atoms with van der Waals surface area (Å²) in [7, 11) is 1.38. The van der Waals surface area contributed by atoms with Crippen LogP contribution in [0.15, 0.2) is 0 Å². The predicted octanol–water partition coefficient (Wildman–Crippen LogP) is 1.08. The highest BCUT2D eigenvalue weighted by Crippen LogP contribution is 2.14. The molecule has 0 amide bonds. The summed E-state index contributed by atoms with van der Waals surface area (Å²) in [5, 5.41) is 12.5. The molecule has 0 aliphatic heterocycles. The number of carbonyl (C=O) groups is 1. The van der Waals surface area contributed by atoms with Gasteiger partial charge in [-0.2, -0.15) is 0 Å². The smallest absolute Gasteiger partial charge is 0.325 e. The molecule has 2 atom stereocenters. The normalized spacial score (nSPS) is 16.9.